The number of benzene rings is 1. The molecule has 1 N–H and O–H groups in total. The highest BCUT2D eigenvalue weighted by Crippen LogP contribution is 2.32. The molecule has 5 nitrogen and oxygen atoms in total. The van der Waals surface area contributed by atoms with Gasteiger partial charge < -0.3 is 15.1 Å². The summed E-state index contributed by atoms with van der Waals surface area (Å²) in [7, 11) is 1.74. The highest BCUT2D eigenvalue weighted by molar-refractivity contribution is 5.88. The second-order valence-electron chi connectivity index (χ2n) is 5.96. The molecular formula is C16H20FN3O2. The molecule has 0 aromatic heterocycles. The molecule has 2 unspecified atom stereocenters. The maximum absolute atomic E-state index is 13.4. The fourth-order valence-electron chi connectivity index (χ4n) is 3.26. The second-order valence-corrected chi connectivity index (χ2v) is 5.96. The Morgan fingerprint density at radius 3 is 2.82 bits per heavy atom. The zero-order chi connectivity index (χ0) is 15.7. The van der Waals surface area contributed by atoms with Crippen molar-refractivity contribution in [1.82, 2.24) is 15.1 Å². The van der Waals surface area contributed by atoms with Crippen LogP contribution in [-0.4, -0.2) is 47.9 Å². The molecule has 0 saturated carbocycles. The molecule has 3 rings (SSSR count). The van der Waals surface area contributed by atoms with Crippen LogP contribution in [0.1, 0.15) is 30.9 Å². The Morgan fingerprint density at radius 1 is 1.32 bits per heavy atom. The minimum atomic E-state index is -0.439. The van der Waals surface area contributed by atoms with Gasteiger partial charge in [0.25, 0.3) is 0 Å². The Kier molecular flexibility index (Phi) is 4.00. The van der Waals surface area contributed by atoms with Crippen molar-refractivity contribution in [3.63, 3.8) is 0 Å². The summed E-state index contributed by atoms with van der Waals surface area (Å²) >= 11 is 0. The second kappa shape index (κ2) is 5.94. The van der Waals surface area contributed by atoms with E-state index in [0.717, 1.165) is 18.4 Å². The average Bonchev–Trinajstić information content (AvgIpc) is 3.10. The third-order valence-corrected chi connectivity index (χ3v) is 4.47. The van der Waals surface area contributed by atoms with Crippen LogP contribution in [0, 0.1) is 5.82 Å². The van der Waals surface area contributed by atoms with Gasteiger partial charge in [0, 0.05) is 20.1 Å². The molecule has 22 heavy (non-hydrogen) atoms. The predicted octanol–water partition coefficient (Wildman–Crippen LogP) is 1.90. The molecule has 2 atom stereocenters. The molecule has 1 aromatic rings. The van der Waals surface area contributed by atoms with Crippen molar-refractivity contribution in [3.8, 4) is 0 Å². The molecule has 3 amide bonds. The first-order valence-electron chi connectivity index (χ1n) is 7.64. The highest BCUT2D eigenvalue weighted by Gasteiger charge is 2.35. The summed E-state index contributed by atoms with van der Waals surface area (Å²) < 4.78 is 13.4. The van der Waals surface area contributed by atoms with Crippen LogP contribution in [0.25, 0.3) is 0 Å². The maximum atomic E-state index is 13.4. The molecule has 0 aliphatic carbocycles. The van der Waals surface area contributed by atoms with Gasteiger partial charge in [0.2, 0.25) is 5.91 Å². The lowest BCUT2D eigenvalue weighted by Crippen LogP contribution is -2.47. The third-order valence-electron chi connectivity index (χ3n) is 4.47. The van der Waals surface area contributed by atoms with Crippen molar-refractivity contribution in [1.29, 1.82) is 0 Å². The summed E-state index contributed by atoms with van der Waals surface area (Å²) in [5.74, 6) is -0.341. The van der Waals surface area contributed by atoms with Gasteiger partial charge in [-0.3, -0.25) is 4.79 Å². The maximum Gasteiger partial charge on any atom is 0.318 e. The Morgan fingerprint density at radius 2 is 2.14 bits per heavy atom. The summed E-state index contributed by atoms with van der Waals surface area (Å²) in [6.45, 7) is 1.29. The van der Waals surface area contributed by atoms with Gasteiger partial charge in [-0.2, -0.15) is 0 Å². The molecule has 0 spiro atoms. The molecule has 0 radical (unpaired) electrons. The number of likely N-dealkylation sites (tertiary alicyclic amines) is 2. The number of likely N-dealkylation sites (N-methyl/N-ethyl adjacent to an activating group) is 1. The Hall–Kier alpha value is -2.11. The van der Waals surface area contributed by atoms with Crippen LogP contribution in [0.15, 0.2) is 24.3 Å². The van der Waals surface area contributed by atoms with Crippen molar-refractivity contribution in [2.45, 2.75) is 31.3 Å². The number of carbonyl (C=O) groups is 2. The van der Waals surface area contributed by atoms with E-state index in [1.54, 1.807) is 22.9 Å². The molecule has 2 aliphatic heterocycles. The van der Waals surface area contributed by atoms with E-state index in [9.17, 15) is 14.0 Å². The van der Waals surface area contributed by atoms with Crippen molar-refractivity contribution in [2.75, 3.05) is 20.1 Å². The first-order valence-corrected chi connectivity index (χ1v) is 7.64. The van der Waals surface area contributed by atoms with Gasteiger partial charge in [-0.15, -0.1) is 0 Å². The van der Waals surface area contributed by atoms with E-state index in [0.29, 0.717) is 19.5 Å². The molecule has 2 saturated heterocycles. The summed E-state index contributed by atoms with van der Waals surface area (Å²) in [6, 6.07) is 5.58. The van der Waals surface area contributed by atoms with E-state index < -0.39 is 6.04 Å². The van der Waals surface area contributed by atoms with Gasteiger partial charge in [0.05, 0.1) is 6.04 Å². The van der Waals surface area contributed by atoms with Crippen molar-refractivity contribution < 1.29 is 14.0 Å². The Labute approximate surface area is 129 Å². The molecule has 2 heterocycles. The van der Waals surface area contributed by atoms with Gasteiger partial charge in [0.15, 0.2) is 0 Å². The summed E-state index contributed by atoms with van der Waals surface area (Å²) in [4.78, 5) is 27.7. The zero-order valence-corrected chi connectivity index (χ0v) is 12.6. The third kappa shape index (κ3) is 2.77. The van der Waals surface area contributed by atoms with Crippen LogP contribution >= 0.6 is 0 Å². The molecule has 1 aromatic carbocycles. The first kappa shape index (κ1) is 14.8. The lowest BCUT2D eigenvalue weighted by Gasteiger charge is -2.26. The minimum absolute atomic E-state index is 0.0464. The van der Waals surface area contributed by atoms with Crippen LogP contribution in [0.4, 0.5) is 9.18 Å². The lowest BCUT2D eigenvalue weighted by atomic mass is 10.0. The normalized spacial score (nSPS) is 24.9. The van der Waals surface area contributed by atoms with E-state index in [4.69, 9.17) is 0 Å². The highest BCUT2D eigenvalue weighted by atomic mass is 19.1. The van der Waals surface area contributed by atoms with Crippen molar-refractivity contribution in [2.24, 2.45) is 0 Å². The number of amides is 3. The van der Waals surface area contributed by atoms with E-state index in [-0.39, 0.29) is 23.8 Å². The summed E-state index contributed by atoms with van der Waals surface area (Å²) in [6.07, 6.45) is 2.34. The van der Waals surface area contributed by atoms with Gasteiger partial charge in [-0.25, -0.2) is 9.18 Å². The van der Waals surface area contributed by atoms with E-state index in [2.05, 4.69) is 5.32 Å². The molecule has 0 bridgehead atoms. The number of urea groups is 1. The van der Waals surface area contributed by atoms with Crippen molar-refractivity contribution in [3.05, 3.63) is 35.6 Å². The average molecular weight is 305 g/mol. The minimum Gasteiger partial charge on any atom is -0.344 e. The van der Waals surface area contributed by atoms with Crippen LogP contribution in [0.2, 0.25) is 0 Å². The van der Waals surface area contributed by atoms with Gasteiger partial charge in [-0.05, 0) is 37.0 Å². The fraction of sp³-hybridized carbons (Fsp3) is 0.500. The molecular weight excluding hydrogens is 285 g/mol. The van der Waals surface area contributed by atoms with E-state index in [1.807, 2.05) is 6.07 Å². The number of nitrogens with zero attached hydrogens (tertiary/aromatic N) is 2. The molecule has 2 fully saturated rings. The fourth-order valence-corrected chi connectivity index (χ4v) is 3.26. The van der Waals surface area contributed by atoms with Crippen LogP contribution < -0.4 is 5.32 Å². The number of carbonyl (C=O) groups excluding carboxylic acids is 2. The lowest BCUT2D eigenvalue weighted by molar-refractivity contribution is -0.128. The van der Waals surface area contributed by atoms with Crippen molar-refractivity contribution >= 4 is 11.9 Å². The monoisotopic (exact) mass is 305 g/mol. The van der Waals surface area contributed by atoms with Gasteiger partial charge in [-0.1, -0.05) is 12.1 Å². The van der Waals surface area contributed by atoms with Gasteiger partial charge >= 0.3 is 6.03 Å². The summed E-state index contributed by atoms with van der Waals surface area (Å²) in [5.41, 5.74) is 0.808. The number of halogens is 1. The van der Waals surface area contributed by atoms with Crippen LogP contribution in [-0.2, 0) is 4.79 Å². The smallest absolute Gasteiger partial charge is 0.318 e. The molecule has 118 valence electrons. The number of nitrogens with one attached hydrogen (secondary N) is 1. The van der Waals surface area contributed by atoms with E-state index >= 15 is 0 Å². The first-order chi connectivity index (χ1) is 10.6. The predicted molar refractivity (Wildman–Crippen MR) is 79.7 cm³/mol. The number of hydrogen-bond donors (Lipinski definition) is 1. The Balaban J connectivity index is 1.70. The Bertz CT molecular complexity index is 593. The summed E-state index contributed by atoms with van der Waals surface area (Å²) in [5, 5.41) is 2.82. The molecule has 2 aliphatic rings. The standard InChI is InChI=1S/C16H20FN3O2/c1-19-9-7-13(15(19)21)18-16(22)20-8-3-6-14(20)11-4-2-5-12(17)10-11/h2,4-5,10,13-14H,3,6-9H2,1H3,(H,18,22). The van der Waals surface area contributed by atoms with Crippen LogP contribution in [0.5, 0.6) is 0 Å². The van der Waals surface area contributed by atoms with Crippen LogP contribution in [0.3, 0.4) is 0 Å². The zero-order valence-electron chi connectivity index (χ0n) is 12.6. The quantitative estimate of drug-likeness (QED) is 0.907. The van der Waals surface area contributed by atoms with Gasteiger partial charge in [0.1, 0.15) is 11.9 Å². The largest absolute Gasteiger partial charge is 0.344 e. The topological polar surface area (TPSA) is 52.7 Å². The number of hydrogen-bond acceptors (Lipinski definition) is 2. The van der Waals surface area contributed by atoms with E-state index in [1.165, 1.54) is 12.1 Å². The number of rotatable bonds is 2. The molecule has 6 heteroatoms. The SMILES string of the molecule is CN1CCC(NC(=O)N2CCCC2c2cccc(F)c2)C1=O.